The maximum Gasteiger partial charge on any atom is 0.239 e. The van der Waals surface area contributed by atoms with Crippen LogP contribution >= 0.6 is 12.4 Å². The van der Waals surface area contributed by atoms with Gasteiger partial charge in [0.05, 0.1) is 6.04 Å². The number of nitrogens with one attached hydrogen (secondary N) is 2. The Kier molecular flexibility index (Phi) is 9.52. The Balaban J connectivity index is 0.00000264. The second-order valence-corrected chi connectivity index (χ2v) is 6.24. The number of carbonyl (C=O) groups is 2. The van der Waals surface area contributed by atoms with Gasteiger partial charge in [0.2, 0.25) is 11.8 Å². The van der Waals surface area contributed by atoms with E-state index in [9.17, 15) is 9.59 Å². The van der Waals surface area contributed by atoms with Gasteiger partial charge in [-0.2, -0.15) is 0 Å². The summed E-state index contributed by atoms with van der Waals surface area (Å²) in [5.41, 5.74) is 0. The molecule has 2 aliphatic rings. The van der Waals surface area contributed by atoms with Crippen LogP contribution in [0.25, 0.3) is 0 Å². The fourth-order valence-corrected chi connectivity index (χ4v) is 3.22. The largest absolute Gasteiger partial charge is 0.385 e. The van der Waals surface area contributed by atoms with Crippen LogP contribution in [0.2, 0.25) is 0 Å². The van der Waals surface area contributed by atoms with Crippen LogP contribution in [0.15, 0.2) is 0 Å². The summed E-state index contributed by atoms with van der Waals surface area (Å²) in [7, 11) is 1.66. The van der Waals surface area contributed by atoms with Crippen LogP contribution in [0.1, 0.15) is 38.5 Å². The zero-order valence-corrected chi connectivity index (χ0v) is 14.8. The summed E-state index contributed by atoms with van der Waals surface area (Å²) in [4.78, 5) is 26.4. The summed E-state index contributed by atoms with van der Waals surface area (Å²) >= 11 is 0. The van der Waals surface area contributed by atoms with Crippen molar-refractivity contribution in [1.82, 2.24) is 15.5 Å². The molecule has 6 nitrogen and oxygen atoms in total. The van der Waals surface area contributed by atoms with Crippen molar-refractivity contribution >= 4 is 24.2 Å². The molecule has 1 unspecified atom stereocenters. The lowest BCUT2D eigenvalue weighted by Crippen LogP contribution is -2.51. The zero-order chi connectivity index (χ0) is 15.8. The Bertz CT molecular complexity index is 368. The van der Waals surface area contributed by atoms with Crippen LogP contribution in [-0.2, 0) is 14.3 Å². The molecular formula is C16H30ClN3O3. The predicted octanol–water partition coefficient (Wildman–Crippen LogP) is 0.942. The van der Waals surface area contributed by atoms with Crippen molar-refractivity contribution in [3.63, 3.8) is 0 Å². The maximum absolute atomic E-state index is 12.4. The average molecular weight is 348 g/mol. The van der Waals surface area contributed by atoms with Crippen LogP contribution in [0.4, 0.5) is 0 Å². The lowest BCUT2D eigenvalue weighted by atomic mass is 9.94. The topological polar surface area (TPSA) is 70.7 Å². The van der Waals surface area contributed by atoms with Crippen molar-refractivity contribution in [2.75, 3.05) is 39.9 Å². The Labute approximate surface area is 145 Å². The molecule has 0 radical (unpaired) electrons. The third kappa shape index (κ3) is 6.28. The number of carbonyl (C=O) groups excluding carboxylic acids is 2. The molecule has 7 heteroatoms. The molecule has 0 spiro atoms. The van der Waals surface area contributed by atoms with Gasteiger partial charge in [0.15, 0.2) is 0 Å². The summed E-state index contributed by atoms with van der Waals surface area (Å²) < 4.78 is 4.97. The van der Waals surface area contributed by atoms with Gasteiger partial charge in [-0.05, 0) is 38.6 Å². The molecule has 0 bridgehead atoms. The molecule has 2 rings (SSSR count). The Morgan fingerprint density at radius 2 is 1.96 bits per heavy atom. The number of ether oxygens (including phenoxy) is 1. The maximum atomic E-state index is 12.4. The van der Waals surface area contributed by atoms with E-state index in [0.717, 1.165) is 45.1 Å². The minimum absolute atomic E-state index is 0. The molecular weight excluding hydrogens is 318 g/mol. The number of methoxy groups -OCH3 is 1. The van der Waals surface area contributed by atoms with Crippen LogP contribution in [0.3, 0.4) is 0 Å². The van der Waals surface area contributed by atoms with Crippen molar-refractivity contribution < 1.29 is 14.3 Å². The van der Waals surface area contributed by atoms with Crippen molar-refractivity contribution in [3.8, 4) is 0 Å². The van der Waals surface area contributed by atoms with E-state index in [-0.39, 0.29) is 36.2 Å². The summed E-state index contributed by atoms with van der Waals surface area (Å²) in [6.07, 6.45) is 5.62. The number of halogens is 1. The first-order valence-electron chi connectivity index (χ1n) is 8.51. The SMILES string of the molecule is COCCCNC(=O)C1CCN(C(=O)C2CCCCN2)CC1.Cl. The monoisotopic (exact) mass is 347 g/mol. The highest BCUT2D eigenvalue weighted by Gasteiger charge is 2.31. The lowest BCUT2D eigenvalue weighted by molar-refractivity contribution is -0.137. The third-order valence-electron chi connectivity index (χ3n) is 4.61. The van der Waals surface area contributed by atoms with Gasteiger partial charge in [-0.15, -0.1) is 12.4 Å². The fraction of sp³-hybridized carbons (Fsp3) is 0.875. The molecule has 2 N–H and O–H groups in total. The van der Waals surface area contributed by atoms with E-state index in [0.29, 0.717) is 26.2 Å². The molecule has 2 amide bonds. The van der Waals surface area contributed by atoms with E-state index in [2.05, 4.69) is 10.6 Å². The third-order valence-corrected chi connectivity index (χ3v) is 4.61. The molecule has 2 fully saturated rings. The Morgan fingerprint density at radius 3 is 2.57 bits per heavy atom. The highest BCUT2D eigenvalue weighted by molar-refractivity contribution is 5.85. The molecule has 2 aliphatic heterocycles. The first-order chi connectivity index (χ1) is 10.7. The predicted molar refractivity (Wildman–Crippen MR) is 91.7 cm³/mol. The first-order valence-corrected chi connectivity index (χ1v) is 8.51. The summed E-state index contributed by atoms with van der Waals surface area (Å²) in [6, 6.07) is -0.00632. The average Bonchev–Trinajstić information content (AvgIpc) is 2.59. The second kappa shape index (κ2) is 10.8. The molecule has 0 aliphatic carbocycles. The van der Waals surface area contributed by atoms with Gasteiger partial charge in [-0.1, -0.05) is 6.42 Å². The van der Waals surface area contributed by atoms with Crippen LogP contribution in [-0.4, -0.2) is 62.7 Å². The molecule has 1 atom stereocenters. The van der Waals surface area contributed by atoms with E-state index in [4.69, 9.17) is 4.74 Å². The quantitative estimate of drug-likeness (QED) is 0.702. The van der Waals surface area contributed by atoms with Crippen LogP contribution < -0.4 is 10.6 Å². The Hall–Kier alpha value is -0.850. The van der Waals surface area contributed by atoms with E-state index in [1.807, 2.05) is 4.90 Å². The molecule has 134 valence electrons. The molecule has 2 heterocycles. The minimum atomic E-state index is -0.00632. The van der Waals surface area contributed by atoms with E-state index in [1.54, 1.807) is 7.11 Å². The van der Waals surface area contributed by atoms with Gasteiger partial charge in [-0.25, -0.2) is 0 Å². The summed E-state index contributed by atoms with van der Waals surface area (Å²) in [5, 5.41) is 6.27. The van der Waals surface area contributed by atoms with Gasteiger partial charge in [0.1, 0.15) is 0 Å². The van der Waals surface area contributed by atoms with E-state index < -0.39 is 0 Å². The van der Waals surface area contributed by atoms with Crippen molar-refractivity contribution in [2.24, 2.45) is 5.92 Å². The standard InChI is InChI=1S/C16H29N3O3.ClH/c1-22-12-4-9-18-15(20)13-6-10-19(11-7-13)16(21)14-5-2-3-8-17-14;/h13-14,17H,2-12H2,1H3,(H,18,20);1H. The highest BCUT2D eigenvalue weighted by Crippen LogP contribution is 2.19. The van der Waals surface area contributed by atoms with Crippen molar-refractivity contribution in [2.45, 2.75) is 44.6 Å². The van der Waals surface area contributed by atoms with Gasteiger partial charge in [0, 0.05) is 39.3 Å². The second-order valence-electron chi connectivity index (χ2n) is 6.24. The van der Waals surface area contributed by atoms with Gasteiger partial charge in [-0.3, -0.25) is 9.59 Å². The number of piperidine rings is 2. The summed E-state index contributed by atoms with van der Waals surface area (Å²) in [5.74, 6) is 0.392. The fourth-order valence-electron chi connectivity index (χ4n) is 3.22. The van der Waals surface area contributed by atoms with Gasteiger partial charge < -0.3 is 20.3 Å². The Morgan fingerprint density at radius 1 is 1.22 bits per heavy atom. The van der Waals surface area contributed by atoms with Crippen molar-refractivity contribution in [1.29, 1.82) is 0 Å². The smallest absolute Gasteiger partial charge is 0.239 e. The van der Waals surface area contributed by atoms with Crippen LogP contribution in [0.5, 0.6) is 0 Å². The normalized spacial score (nSPS) is 22.3. The van der Waals surface area contributed by atoms with Gasteiger partial charge in [0.25, 0.3) is 0 Å². The number of likely N-dealkylation sites (tertiary alicyclic amines) is 1. The molecule has 0 aromatic rings. The van der Waals surface area contributed by atoms with E-state index in [1.165, 1.54) is 0 Å². The van der Waals surface area contributed by atoms with Gasteiger partial charge >= 0.3 is 0 Å². The molecule has 0 saturated carbocycles. The number of hydrogen-bond acceptors (Lipinski definition) is 4. The van der Waals surface area contributed by atoms with Crippen molar-refractivity contribution in [3.05, 3.63) is 0 Å². The molecule has 0 aromatic heterocycles. The highest BCUT2D eigenvalue weighted by atomic mass is 35.5. The number of nitrogens with zero attached hydrogens (tertiary/aromatic N) is 1. The number of hydrogen-bond donors (Lipinski definition) is 2. The molecule has 23 heavy (non-hydrogen) atoms. The summed E-state index contributed by atoms with van der Waals surface area (Å²) in [6.45, 7) is 3.68. The number of amides is 2. The molecule has 2 saturated heterocycles. The number of rotatable bonds is 6. The van der Waals surface area contributed by atoms with E-state index >= 15 is 0 Å². The van der Waals surface area contributed by atoms with Crippen LogP contribution in [0, 0.1) is 5.92 Å². The minimum Gasteiger partial charge on any atom is -0.385 e. The lowest BCUT2D eigenvalue weighted by Gasteiger charge is -2.35. The first kappa shape index (κ1) is 20.2. The molecule has 0 aromatic carbocycles. The zero-order valence-electron chi connectivity index (χ0n) is 14.0.